The smallest absolute Gasteiger partial charge is 0.119 e. The molecule has 0 unspecified atom stereocenters. The summed E-state index contributed by atoms with van der Waals surface area (Å²) < 4.78 is 5.54. The lowest BCUT2D eigenvalue weighted by molar-refractivity contribution is 0.192. The second-order valence-electron chi connectivity index (χ2n) is 6.81. The van der Waals surface area contributed by atoms with Crippen LogP contribution < -0.4 is 15.0 Å². The first-order valence-electron chi connectivity index (χ1n) is 7.80. The molecule has 2 atom stereocenters. The Labute approximate surface area is 122 Å². The van der Waals surface area contributed by atoms with E-state index < -0.39 is 0 Å². The Morgan fingerprint density at radius 3 is 2.70 bits per heavy atom. The van der Waals surface area contributed by atoms with Crippen LogP contribution in [0.3, 0.4) is 0 Å². The minimum atomic E-state index is 0.380. The monoisotopic (exact) mass is 274 g/mol. The normalized spacial score (nSPS) is 28.2. The number of nitrogens with one attached hydrogen (secondary N) is 1. The van der Waals surface area contributed by atoms with Gasteiger partial charge in [-0.15, -0.1) is 0 Å². The SMILES string of the molecule is CCOc1ccc(N2C[C@@H]3CNC[C@H]2C(C)(C)C3)cc1. The zero-order valence-electron chi connectivity index (χ0n) is 12.9. The fraction of sp³-hybridized carbons (Fsp3) is 0.647. The number of anilines is 1. The van der Waals surface area contributed by atoms with E-state index in [1.807, 2.05) is 6.92 Å². The molecule has 0 radical (unpaired) electrons. The van der Waals surface area contributed by atoms with Crippen LogP contribution in [-0.2, 0) is 0 Å². The molecule has 3 aliphatic rings. The van der Waals surface area contributed by atoms with Gasteiger partial charge in [0, 0.05) is 24.8 Å². The number of hydrogen-bond donors (Lipinski definition) is 1. The third kappa shape index (κ3) is 2.51. The molecule has 3 fully saturated rings. The van der Waals surface area contributed by atoms with Crippen molar-refractivity contribution < 1.29 is 4.74 Å². The summed E-state index contributed by atoms with van der Waals surface area (Å²) in [6, 6.07) is 9.19. The maximum atomic E-state index is 5.54. The largest absolute Gasteiger partial charge is 0.494 e. The molecular weight excluding hydrogens is 248 g/mol. The van der Waals surface area contributed by atoms with Crippen LogP contribution in [0.5, 0.6) is 5.75 Å². The van der Waals surface area contributed by atoms with Gasteiger partial charge in [-0.05, 0) is 55.5 Å². The topological polar surface area (TPSA) is 24.5 Å². The van der Waals surface area contributed by atoms with Crippen LogP contribution in [0.2, 0.25) is 0 Å². The van der Waals surface area contributed by atoms with Crippen molar-refractivity contribution in [2.45, 2.75) is 33.2 Å². The van der Waals surface area contributed by atoms with Crippen molar-refractivity contribution >= 4 is 5.69 Å². The van der Waals surface area contributed by atoms with Gasteiger partial charge in [0.1, 0.15) is 5.75 Å². The fourth-order valence-corrected chi connectivity index (χ4v) is 3.91. The highest BCUT2D eigenvalue weighted by Crippen LogP contribution is 2.41. The number of benzene rings is 1. The molecule has 3 saturated heterocycles. The van der Waals surface area contributed by atoms with Crippen LogP contribution in [0, 0.1) is 11.3 Å². The van der Waals surface area contributed by atoms with Crippen molar-refractivity contribution in [1.29, 1.82) is 0 Å². The predicted molar refractivity (Wildman–Crippen MR) is 83.5 cm³/mol. The van der Waals surface area contributed by atoms with Crippen LogP contribution in [0.1, 0.15) is 27.2 Å². The number of rotatable bonds is 3. The summed E-state index contributed by atoms with van der Waals surface area (Å²) in [6.07, 6.45) is 1.33. The second kappa shape index (κ2) is 5.28. The maximum absolute atomic E-state index is 5.54. The van der Waals surface area contributed by atoms with E-state index in [0.29, 0.717) is 11.5 Å². The van der Waals surface area contributed by atoms with E-state index in [1.54, 1.807) is 0 Å². The molecular formula is C17H26N2O. The van der Waals surface area contributed by atoms with Crippen molar-refractivity contribution in [3.05, 3.63) is 24.3 Å². The van der Waals surface area contributed by atoms with Crippen LogP contribution in [0.25, 0.3) is 0 Å². The van der Waals surface area contributed by atoms with Crippen LogP contribution in [0.4, 0.5) is 5.69 Å². The zero-order chi connectivity index (χ0) is 14.2. The van der Waals surface area contributed by atoms with Crippen LogP contribution >= 0.6 is 0 Å². The van der Waals surface area contributed by atoms with Gasteiger partial charge in [-0.25, -0.2) is 0 Å². The molecule has 3 aliphatic heterocycles. The van der Waals surface area contributed by atoms with Crippen LogP contribution in [0.15, 0.2) is 24.3 Å². The molecule has 0 aliphatic carbocycles. The van der Waals surface area contributed by atoms with Gasteiger partial charge in [0.05, 0.1) is 6.61 Å². The van der Waals surface area contributed by atoms with E-state index in [1.165, 1.54) is 18.7 Å². The average Bonchev–Trinajstić information content (AvgIpc) is 2.70. The molecule has 3 heterocycles. The summed E-state index contributed by atoms with van der Waals surface area (Å²) >= 11 is 0. The number of nitrogens with zero attached hydrogens (tertiary/aromatic N) is 1. The van der Waals surface area contributed by atoms with Crippen molar-refractivity contribution in [3.63, 3.8) is 0 Å². The molecule has 3 heteroatoms. The Morgan fingerprint density at radius 2 is 2.00 bits per heavy atom. The van der Waals surface area contributed by atoms with Gasteiger partial charge < -0.3 is 15.0 Å². The maximum Gasteiger partial charge on any atom is 0.119 e. The molecule has 0 amide bonds. The van der Waals surface area contributed by atoms with E-state index in [2.05, 4.69) is 48.3 Å². The number of hydrogen-bond acceptors (Lipinski definition) is 3. The average molecular weight is 274 g/mol. The van der Waals surface area contributed by atoms with E-state index in [4.69, 9.17) is 4.74 Å². The van der Waals surface area contributed by atoms with Crippen molar-refractivity contribution in [1.82, 2.24) is 5.32 Å². The number of ether oxygens (including phenoxy) is 1. The molecule has 1 N–H and O–H groups in total. The molecule has 4 rings (SSSR count). The molecule has 1 aromatic carbocycles. The summed E-state index contributed by atoms with van der Waals surface area (Å²) in [5, 5.41) is 3.63. The molecule has 1 aromatic rings. The Hall–Kier alpha value is -1.22. The Bertz CT molecular complexity index is 455. The van der Waals surface area contributed by atoms with Gasteiger partial charge in [-0.3, -0.25) is 0 Å². The molecule has 110 valence electrons. The molecule has 0 aromatic heterocycles. The van der Waals surface area contributed by atoms with Gasteiger partial charge in [0.25, 0.3) is 0 Å². The third-order valence-electron chi connectivity index (χ3n) is 4.80. The summed E-state index contributed by atoms with van der Waals surface area (Å²) in [5.41, 5.74) is 1.71. The Balaban J connectivity index is 1.85. The summed E-state index contributed by atoms with van der Waals surface area (Å²) in [4.78, 5) is 2.60. The van der Waals surface area contributed by atoms with E-state index in [0.717, 1.165) is 31.4 Å². The third-order valence-corrected chi connectivity index (χ3v) is 4.80. The number of piperidine rings is 1. The Kier molecular flexibility index (Phi) is 3.63. The highest BCUT2D eigenvalue weighted by Gasteiger charge is 2.43. The van der Waals surface area contributed by atoms with Gasteiger partial charge in [0.2, 0.25) is 0 Å². The summed E-state index contributed by atoms with van der Waals surface area (Å²) in [7, 11) is 0. The van der Waals surface area contributed by atoms with Gasteiger partial charge in [-0.1, -0.05) is 13.8 Å². The van der Waals surface area contributed by atoms with Gasteiger partial charge in [-0.2, -0.15) is 0 Å². The summed E-state index contributed by atoms with van der Waals surface area (Å²) in [6.45, 7) is 11.0. The fourth-order valence-electron chi connectivity index (χ4n) is 3.91. The lowest BCUT2D eigenvalue weighted by Crippen LogP contribution is -2.53. The number of fused-ring (bicyclic) bond motifs is 4. The first-order valence-corrected chi connectivity index (χ1v) is 7.80. The first-order chi connectivity index (χ1) is 9.60. The molecule has 0 spiro atoms. The minimum Gasteiger partial charge on any atom is -0.494 e. The lowest BCUT2D eigenvalue weighted by atomic mass is 9.73. The first kappa shape index (κ1) is 13.7. The van der Waals surface area contributed by atoms with Crippen molar-refractivity contribution in [2.75, 3.05) is 31.1 Å². The van der Waals surface area contributed by atoms with E-state index in [-0.39, 0.29) is 0 Å². The lowest BCUT2D eigenvalue weighted by Gasteiger charge is -2.48. The zero-order valence-corrected chi connectivity index (χ0v) is 12.9. The standard InChI is InChI=1S/C17H26N2O/c1-4-20-15-7-5-14(6-8-15)19-12-13-9-17(2,3)16(19)11-18-10-13/h5-8,13,16,18H,4,9-12H2,1-3H3/t13-,16-/m0/s1. The van der Waals surface area contributed by atoms with Gasteiger partial charge >= 0.3 is 0 Å². The highest BCUT2D eigenvalue weighted by atomic mass is 16.5. The quantitative estimate of drug-likeness (QED) is 0.917. The Morgan fingerprint density at radius 1 is 1.25 bits per heavy atom. The predicted octanol–water partition coefficient (Wildman–Crippen LogP) is 2.91. The molecule has 3 nitrogen and oxygen atoms in total. The van der Waals surface area contributed by atoms with Crippen LogP contribution in [-0.4, -0.2) is 32.3 Å². The van der Waals surface area contributed by atoms with E-state index in [9.17, 15) is 0 Å². The minimum absolute atomic E-state index is 0.380. The van der Waals surface area contributed by atoms with E-state index >= 15 is 0 Å². The summed E-state index contributed by atoms with van der Waals surface area (Å²) in [5.74, 6) is 1.73. The second-order valence-corrected chi connectivity index (χ2v) is 6.81. The van der Waals surface area contributed by atoms with Gasteiger partial charge in [0.15, 0.2) is 0 Å². The molecule has 2 bridgehead atoms. The molecule has 0 saturated carbocycles. The molecule has 20 heavy (non-hydrogen) atoms. The highest BCUT2D eigenvalue weighted by molar-refractivity contribution is 5.51. The van der Waals surface area contributed by atoms with Crippen molar-refractivity contribution in [2.24, 2.45) is 11.3 Å². The van der Waals surface area contributed by atoms with Crippen molar-refractivity contribution in [3.8, 4) is 5.75 Å².